The quantitative estimate of drug-likeness (QED) is 0.820. The van der Waals surface area contributed by atoms with Crippen LogP contribution in [0.5, 0.6) is 5.75 Å². The summed E-state index contributed by atoms with van der Waals surface area (Å²) in [4.78, 5) is 24.1. The summed E-state index contributed by atoms with van der Waals surface area (Å²) in [5, 5.41) is 0. The lowest BCUT2D eigenvalue weighted by molar-refractivity contribution is -0.128. The van der Waals surface area contributed by atoms with E-state index in [-0.39, 0.29) is 5.91 Å². The van der Waals surface area contributed by atoms with Crippen molar-refractivity contribution in [3.05, 3.63) is 65.2 Å². The molecule has 5 nitrogen and oxygen atoms in total. The number of aryl methyl sites for hydroxylation is 1. The molecule has 0 aliphatic rings. The molecule has 0 aromatic heterocycles. The normalized spacial score (nSPS) is 11.7. The van der Waals surface area contributed by atoms with Crippen molar-refractivity contribution in [2.24, 2.45) is 0 Å². The van der Waals surface area contributed by atoms with Gasteiger partial charge in [0.25, 0.3) is 11.8 Å². The molecule has 0 bridgehead atoms. The van der Waals surface area contributed by atoms with Crippen LogP contribution >= 0.6 is 0 Å². The fraction of sp³-hybridized carbons (Fsp3) is 0.300. The van der Waals surface area contributed by atoms with E-state index in [2.05, 4.69) is 24.7 Å². The number of hydrazine groups is 1. The summed E-state index contributed by atoms with van der Waals surface area (Å²) in [6.45, 7) is 7.76. The smallest absolute Gasteiger partial charge is 0.279 e. The summed E-state index contributed by atoms with van der Waals surface area (Å²) >= 11 is 0. The predicted octanol–water partition coefficient (Wildman–Crippen LogP) is 3.35. The molecule has 0 aliphatic carbocycles. The maximum Gasteiger partial charge on any atom is 0.279 e. The Morgan fingerprint density at radius 2 is 1.64 bits per heavy atom. The first-order valence-corrected chi connectivity index (χ1v) is 8.30. The van der Waals surface area contributed by atoms with Gasteiger partial charge in [-0.3, -0.25) is 20.4 Å². The van der Waals surface area contributed by atoms with Gasteiger partial charge >= 0.3 is 0 Å². The number of rotatable bonds is 5. The summed E-state index contributed by atoms with van der Waals surface area (Å²) in [7, 11) is 0. The molecule has 2 aromatic carbocycles. The van der Waals surface area contributed by atoms with Gasteiger partial charge in [-0.2, -0.15) is 0 Å². The molecule has 2 amide bonds. The van der Waals surface area contributed by atoms with E-state index in [0.29, 0.717) is 17.2 Å². The lowest BCUT2D eigenvalue weighted by atomic mass is 10.0. The molecule has 2 N–H and O–H groups in total. The molecule has 0 radical (unpaired) electrons. The van der Waals surface area contributed by atoms with E-state index < -0.39 is 12.0 Å². The standard InChI is InChI=1S/C20H24N2O3/c1-13(2)16-8-10-18(11-9-16)25-15(4)19(23)21-22-20(24)17-7-5-6-14(3)12-17/h5-13,15H,1-4H3,(H,21,23)(H,22,24)/t15-/m0/s1. The van der Waals surface area contributed by atoms with Crippen LogP contribution in [0.1, 0.15) is 48.2 Å². The van der Waals surface area contributed by atoms with Crippen molar-refractivity contribution in [1.29, 1.82) is 0 Å². The van der Waals surface area contributed by atoms with Crippen LogP contribution in [-0.4, -0.2) is 17.9 Å². The number of hydrogen-bond acceptors (Lipinski definition) is 3. The fourth-order valence-electron chi connectivity index (χ4n) is 2.27. The maximum atomic E-state index is 12.1. The number of benzene rings is 2. The van der Waals surface area contributed by atoms with Crippen LogP contribution in [0.25, 0.3) is 0 Å². The highest BCUT2D eigenvalue weighted by Gasteiger charge is 2.16. The molecular weight excluding hydrogens is 316 g/mol. The number of nitrogens with one attached hydrogen (secondary N) is 2. The predicted molar refractivity (Wildman–Crippen MR) is 97.4 cm³/mol. The number of carbonyl (C=O) groups excluding carboxylic acids is 2. The minimum Gasteiger partial charge on any atom is -0.481 e. The molecule has 5 heteroatoms. The van der Waals surface area contributed by atoms with Gasteiger partial charge in [-0.15, -0.1) is 0 Å². The number of ether oxygens (including phenoxy) is 1. The minimum atomic E-state index is -0.734. The van der Waals surface area contributed by atoms with Crippen molar-refractivity contribution >= 4 is 11.8 Å². The monoisotopic (exact) mass is 340 g/mol. The summed E-state index contributed by atoms with van der Waals surface area (Å²) in [6, 6.07) is 14.8. The lowest BCUT2D eigenvalue weighted by Crippen LogP contribution is -2.47. The van der Waals surface area contributed by atoms with Crippen LogP contribution in [0.4, 0.5) is 0 Å². The van der Waals surface area contributed by atoms with Gasteiger partial charge < -0.3 is 4.74 Å². The molecule has 0 unspecified atom stereocenters. The summed E-state index contributed by atoms with van der Waals surface area (Å²) in [5.74, 6) is 0.253. The molecule has 0 fully saturated rings. The van der Waals surface area contributed by atoms with Crippen LogP contribution in [0, 0.1) is 6.92 Å². The van der Waals surface area contributed by atoms with E-state index in [4.69, 9.17) is 4.74 Å². The molecule has 0 aliphatic heterocycles. The third kappa shape index (κ3) is 5.35. The highest BCUT2D eigenvalue weighted by Crippen LogP contribution is 2.19. The van der Waals surface area contributed by atoms with Gasteiger partial charge in [0, 0.05) is 5.56 Å². The van der Waals surface area contributed by atoms with E-state index in [1.54, 1.807) is 25.1 Å². The van der Waals surface area contributed by atoms with Crippen molar-refractivity contribution in [3.63, 3.8) is 0 Å². The Hall–Kier alpha value is -2.82. The van der Waals surface area contributed by atoms with Crippen LogP contribution in [0.2, 0.25) is 0 Å². The Labute approximate surface area is 148 Å². The third-order valence-corrected chi connectivity index (χ3v) is 3.81. The van der Waals surface area contributed by atoms with Crippen molar-refractivity contribution in [2.75, 3.05) is 0 Å². The highest BCUT2D eigenvalue weighted by atomic mass is 16.5. The molecule has 2 aromatic rings. The van der Waals surface area contributed by atoms with Gasteiger partial charge in [-0.25, -0.2) is 0 Å². The first kappa shape index (κ1) is 18.5. The first-order chi connectivity index (χ1) is 11.9. The zero-order valence-electron chi connectivity index (χ0n) is 15.0. The molecular formula is C20H24N2O3. The van der Waals surface area contributed by atoms with Gasteiger partial charge in [0.15, 0.2) is 6.10 Å². The highest BCUT2D eigenvalue weighted by molar-refractivity contribution is 5.95. The molecule has 0 heterocycles. The van der Waals surface area contributed by atoms with Gasteiger partial charge in [0.1, 0.15) is 5.75 Å². The van der Waals surface area contributed by atoms with Gasteiger partial charge in [-0.05, 0) is 49.6 Å². The van der Waals surface area contributed by atoms with E-state index >= 15 is 0 Å². The van der Waals surface area contributed by atoms with Gasteiger partial charge in [-0.1, -0.05) is 43.7 Å². The lowest BCUT2D eigenvalue weighted by Gasteiger charge is -2.16. The molecule has 1 atom stereocenters. The van der Waals surface area contributed by atoms with Crippen LogP contribution in [0.15, 0.2) is 48.5 Å². The van der Waals surface area contributed by atoms with Crippen LogP contribution in [-0.2, 0) is 4.79 Å². The summed E-state index contributed by atoms with van der Waals surface area (Å²) in [6.07, 6.45) is -0.734. The fourth-order valence-corrected chi connectivity index (χ4v) is 2.27. The number of carbonyl (C=O) groups is 2. The number of amides is 2. The number of hydrogen-bond donors (Lipinski definition) is 2. The van der Waals surface area contributed by atoms with Crippen molar-refractivity contribution in [3.8, 4) is 5.75 Å². The Morgan fingerprint density at radius 3 is 2.24 bits per heavy atom. The largest absolute Gasteiger partial charge is 0.481 e. The van der Waals surface area contributed by atoms with E-state index in [0.717, 1.165) is 5.56 Å². The first-order valence-electron chi connectivity index (χ1n) is 8.30. The Kier molecular flexibility index (Phi) is 6.17. The SMILES string of the molecule is Cc1cccc(C(=O)NNC(=O)[C@H](C)Oc2ccc(C(C)C)cc2)c1. The van der Waals surface area contributed by atoms with Gasteiger partial charge in [0.2, 0.25) is 0 Å². The average molecular weight is 340 g/mol. The van der Waals surface area contributed by atoms with Crippen LogP contribution in [0.3, 0.4) is 0 Å². The second kappa shape index (κ2) is 8.33. The average Bonchev–Trinajstić information content (AvgIpc) is 2.59. The van der Waals surface area contributed by atoms with E-state index in [1.807, 2.05) is 37.3 Å². The second-order valence-corrected chi connectivity index (χ2v) is 6.30. The van der Waals surface area contributed by atoms with Crippen molar-refractivity contribution in [2.45, 2.75) is 39.7 Å². The summed E-state index contributed by atoms with van der Waals surface area (Å²) in [5.41, 5.74) is 7.45. The van der Waals surface area contributed by atoms with Gasteiger partial charge in [0.05, 0.1) is 0 Å². The summed E-state index contributed by atoms with van der Waals surface area (Å²) < 4.78 is 5.60. The molecule has 0 saturated carbocycles. The maximum absolute atomic E-state index is 12.1. The third-order valence-electron chi connectivity index (χ3n) is 3.81. The van der Waals surface area contributed by atoms with E-state index in [1.165, 1.54) is 5.56 Å². The van der Waals surface area contributed by atoms with E-state index in [9.17, 15) is 9.59 Å². The Balaban J connectivity index is 1.86. The molecule has 0 saturated heterocycles. The van der Waals surface area contributed by atoms with Crippen molar-refractivity contribution in [1.82, 2.24) is 10.9 Å². The van der Waals surface area contributed by atoms with Crippen molar-refractivity contribution < 1.29 is 14.3 Å². The molecule has 2 rings (SSSR count). The zero-order valence-corrected chi connectivity index (χ0v) is 15.0. The Bertz CT molecular complexity index is 739. The Morgan fingerprint density at radius 1 is 0.960 bits per heavy atom. The second-order valence-electron chi connectivity index (χ2n) is 6.30. The minimum absolute atomic E-state index is 0.370. The molecule has 0 spiro atoms. The molecule has 25 heavy (non-hydrogen) atoms. The topological polar surface area (TPSA) is 67.4 Å². The molecule has 132 valence electrons. The van der Waals surface area contributed by atoms with Crippen LogP contribution < -0.4 is 15.6 Å². The zero-order chi connectivity index (χ0) is 18.4.